The Morgan fingerprint density at radius 2 is 1.88 bits per heavy atom. The summed E-state index contributed by atoms with van der Waals surface area (Å²) < 4.78 is 0. The van der Waals surface area contributed by atoms with Gasteiger partial charge in [-0.1, -0.05) is 43.1 Å². The quantitative estimate of drug-likeness (QED) is 0.633. The molecule has 0 heterocycles. The van der Waals surface area contributed by atoms with E-state index in [1.807, 2.05) is 25.1 Å². The first kappa shape index (κ1) is 18.8. The first-order chi connectivity index (χ1) is 12.0. The highest BCUT2D eigenvalue weighted by atomic mass is 35.5. The average Bonchev–Trinajstić information content (AvgIpc) is 2.60. The molecule has 0 fully saturated rings. The first-order valence-electron chi connectivity index (χ1n) is 8.15. The molecule has 0 spiro atoms. The van der Waals surface area contributed by atoms with Gasteiger partial charge < -0.3 is 15.7 Å². The van der Waals surface area contributed by atoms with Crippen LogP contribution in [0.1, 0.15) is 42.1 Å². The molecule has 25 heavy (non-hydrogen) atoms. The molecule has 1 amide bonds. The molecule has 0 aliphatic heterocycles. The number of carboxylic acid groups (broad SMARTS) is 1. The van der Waals surface area contributed by atoms with Crippen LogP contribution in [0.15, 0.2) is 42.5 Å². The Labute approximate surface area is 152 Å². The molecular formula is C19H21ClN2O3. The smallest absolute Gasteiger partial charge is 0.335 e. The van der Waals surface area contributed by atoms with Crippen molar-refractivity contribution in [2.75, 3.05) is 10.6 Å². The van der Waals surface area contributed by atoms with E-state index in [0.717, 1.165) is 18.4 Å². The second-order valence-electron chi connectivity index (χ2n) is 5.66. The van der Waals surface area contributed by atoms with Gasteiger partial charge in [0.2, 0.25) is 5.91 Å². The Hall–Kier alpha value is -2.53. The summed E-state index contributed by atoms with van der Waals surface area (Å²) in [7, 11) is 0. The lowest BCUT2D eigenvalue weighted by Gasteiger charge is -2.15. The highest BCUT2D eigenvalue weighted by molar-refractivity contribution is 6.31. The van der Waals surface area contributed by atoms with Crippen LogP contribution in [0.3, 0.4) is 0 Å². The monoisotopic (exact) mass is 360 g/mol. The van der Waals surface area contributed by atoms with Crippen molar-refractivity contribution in [3.8, 4) is 0 Å². The second-order valence-corrected chi connectivity index (χ2v) is 6.07. The van der Waals surface area contributed by atoms with Crippen molar-refractivity contribution in [3.05, 3.63) is 58.6 Å². The van der Waals surface area contributed by atoms with Gasteiger partial charge >= 0.3 is 5.97 Å². The maximum atomic E-state index is 12.0. The van der Waals surface area contributed by atoms with E-state index in [0.29, 0.717) is 29.4 Å². The molecule has 0 radical (unpaired) electrons. The van der Waals surface area contributed by atoms with E-state index in [1.165, 1.54) is 12.1 Å². The summed E-state index contributed by atoms with van der Waals surface area (Å²) in [6.07, 6.45) is 2.17. The van der Waals surface area contributed by atoms with E-state index in [2.05, 4.69) is 10.6 Å². The summed E-state index contributed by atoms with van der Waals surface area (Å²) in [5, 5.41) is 15.8. The Balaban J connectivity index is 2.19. The molecule has 0 aliphatic rings. The number of benzene rings is 2. The molecule has 0 aliphatic carbocycles. The number of rotatable bonds is 8. The van der Waals surface area contributed by atoms with Crippen molar-refractivity contribution in [1.29, 1.82) is 0 Å². The van der Waals surface area contributed by atoms with E-state index in [9.17, 15) is 14.7 Å². The standard InChI is InChI=1S/C19H21ClN2O3/c1-2-3-8-18(23)22-16-10-9-13(19(24)25)11-17(16)21-12-14-6-4-5-7-15(14)20/h4-7,9-11,21H,2-3,8,12H2,1H3,(H,22,23)(H,24,25). The summed E-state index contributed by atoms with van der Waals surface area (Å²) in [5.74, 6) is -1.12. The number of unbranched alkanes of at least 4 members (excludes halogenated alkanes) is 1. The molecule has 0 bridgehead atoms. The van der Waals surface area contributed by atoms with Gasteiger partial charge in [-0.15, -0.1) is 0 Å². The third kappa shape index (κ3) is 5.50. The van der Waals surface area contributed by atoms with Crippen molar-refractivity contribution in [2.24, 2.45) is 0 Å². The van der Waals surface area contributed by atoms with E-state index in [1.54, 1.807) is 12.1 Å². The number of halogens is 1. The molecule has 0 aromatic heterocycles. The predicted molar refractivity (Wildman–Crippen MR) is 100 cm³/mol. The van der Waals surface area contributed by atoms with Crippen molar-refractivity contribution >= 4 is 34.9 Å². The van der Waals surface area contributed by atoms with Crippen LogP contribution in [0, 0.1) is 0 Å². The summed E-state index contributed by atoms with van der Waals surface area (Å²) in [6.45, 7) is 2.44. The van der Waals surface area contributed by atoms with Crippen LogP contribution >= 0.6 is 11.6 Å². The molecular weight excluding hydrogens is 340 g/mol. The molecule has 2 aromatic rings. The van der Waals surface area contributed by atoms with Gasteiger partial charge in [-0.25, -0.2) is 4.79 Å². The van der Waals surface area contributed by atoms with Gasteiger partial charge in [0.05, 0.1) is 16.9 Å². The Morgan fingerprint density at radius 1 is 1.12 bits per heavy atom. The number of anilines is 2. The maximum absolute atomic E-state index is 12.0. The zero-order valence-electron chi connectivity index (χ0n) is 14.0. The molecule has 0 saturated carbocycles. The second kappa shape index (κ2) is 9.08. The van der Waals surface area contributed by atoms with Crippen LogP contribution in [-0.2, 0) is 11.3 Å². The highest BCUT2D eigenvalue weighted by Crippen LogP contribution is 2.25. The minimum absolute atomic E-state index is 0.0919. The molecule has 0 atom stereocenters. The van der Waals surface area contributed by atoms with Crippen molar-refractivity contribution < 1.29 is 14.7 Å². The van der Waals surface area contributed by atoms with Crippen LogP contribution in [0.5, 0.6) is 0 Å². The molecule has 5 nitrogen and oxygen atoms in total. The molecule has 0 saturated heterocycles. The molecule has 0 unspecified atom stereocenters. The number of amides is 1. The van der Waals surface area contributed by atoms with E-state index in [4.69, 9.17) is 11.6 Å². The number of hydrogen-bond donors (Lipinski definition) is 3. The lowest BCUT2D eigenvalue weighted by atomic mass is 10.1. The zero-order valence-corrected chi connectivity index (χ0v) is 14.8. The SMILES string of the molecule is CCCCC(=O)Nc1ccc(C(=O)O)cc1NCc1ccccc1Cl. The fourth-order valence-corrected chi connectivity index (χ4v) is 2.52. The maximum Gasteiger partial charge on any atom is 0.335 e. The predicted octanol–water partition coefficient (Wildman–Crippen LogP) is 4.78. The Kier molecular flexibility index (Phi) is 6.83. The minimum Gasteiger partial charge on any atom is -0.478 e. The number of nitrogens with one attached hydrogen (secondary N) is 2. The van der Waals surface area contributed by atoms with Crippen LogP contribution in [0.25, 0.3) is 0 Å². The van der Waals surface area contributed by atoms with Gasteiger partial charge in [0, 0.05) is 18.0 Å². The normalized spacial score (nSPS) is 10.3. The Bertz CT molecular complexity index is 762. The number of hydrogen-bond acceptors (Lipinski definition) is 3. The molecule has 2 rings (SSSR count). The average molecular weight is 361 g/mol. The van der Waals surface area contributed by atoms with Gasteiger partial charge in [-0.05, 0) is 36.2 Å². The molecule has 6 heteroatoms. The fourth-order valence-electron chi connectivity index (χ4n) is 2.31. The first-order valence-corrected chi connectivity index (χ1v) is 8.53. The lowest BCUT2D eigenvalue weighted by molar-refractivity contribution is -0.116. The fraction of sp³-hybridized carbons (Fsp3) is 0.263. The number of carbonyl (C=O) groups is 2. The van der Waals surface area contributed by atoms with Gasteiger partial charge in [-0.2, -0.15) is 0 Å². The van der Waals surface area contributed by atoms with E-state index in [-0.39, 0.29) is 11.5 Å². The molecule has 132 valence electrons. The van der Waals surface area contributed by atoms with Crippen LogP contribution in [0.2, 0.25) is 5.02 Å². The van der Waals surface area contributed by atoms with Crippen molar-refractivity contribution in [1.82, 2.24) is 0 Å². The minimum atomic E-state index is -1.02. The molecule has 3 N–H and O–H groups in total. The van der Waals surface area contributed by atoms with Crippen LogP contribution < -0.4 is 10.6 Å². The van der Waals surface area contributed by atoms with Gasteiger partial charge in [0.1, 0.15) is 0 Å². The number of carboxylic acids is 1. The third-order valence-corrected chi connectivity index (χ3v) is 4.09. The van der Waals surface area contributed by atoms with Gasteiger partial charge in [0.25, 0.3) is 0 Å². The van der Waals surface area contributed by atoms with E-state index < -0.39 is 5.97 Å². The van der Waals surface area contributed by atoms with Crippen molar-refractivity contribution in [3.63, 3.8) is 0 Å². The number of carbonyl (C=O) groups excluding carboxylic acids is 1. The zero-order chi connectivity index (χ0) is 18.2. The summed E-state index contributed by atoms with van der Waals surface area (Å²) in [4.78, 5) is 23.2. The van der Waals surface area contributed by atoms with Gasteiger partial charge in [-0.3, -0.25) is 4.79 Å². The summed E-state index contributed by atoms with van der Waals surface area (Å²) in [6, 6.07) is 12.0. The highest BCUT2D eigenvalue weighted by Gasteiger charge is 2.11. The van der Waals surface area contributed by atoms with Gasteiger partial charge in [0.15, 0.2) is 0 Å². The van der Waals surface area contributed by atoms with Crippen LogP contribution in [-0.4, -0.2) is 17.0 Å². The summed E-state index contributed by atoms with van der Waals surface area (Å²) in [5.41, 5.74) is 2.13. The molecule has 2 aromatic carbocycles. The lowest BCUT2D eigenvalue weighted by Crippen LogP contribution is -2.14. The topological polar surface area (TPSA) is 78.4 Å². The third-order valence-electron chi connectivity index (χ3n) is 3.73. The van der Waals surface area contributed by atoms with E-state index >= 15 is 0 Å². The summed E-state index contributed by atoms with van der Waals surface area (Å²) >= 11 is 6.15. The largest absolute Gasteiger partial charge is 0.478 e. The van der Waals surface area contributed by atoms with Crippen LogP contribution in [0.4, 0.5) is 11.4 Å². The number of aromatic carboxylic acids is 1. The Morgan fingerprint density at radius 3 is 2.56 bits per heavy atom. The van der Waals surface area contributed by atoms with Crippen molar-refractivity contribution in [2.45, 2.75) is 32.7 Å².